The molecule has 1 aliphatic heterocycles. The molecule has 0 amide bonds. The molecule has 0 aromatic carbocycles. The molecular formula is C11H15N5. The van der Waals surface area contributed by atoms with Crippen LogP contribution >= 0.6 is 0 Å². The molecule has 5 heteroatoms. The van der Waals surface area contributed by atoms with Crippen molar-refractivity contribution in [1.29, 1.82) is 0 Å². The third kappa shape index (κ3) is 1.39. The standard InChI is InChI=1S/C11H15N5/c1-8-2-4-15(6-8)11-10-13-3-5-16(10)7-9(12)14-11/h3,5,7-8H,2,4,6,12H2,1H3. The van der Waals surface area contributed by atoms with Gasteiger partial charge in [-0.05, 0) is 12.3 Å². The van der Waals surface area contributed by atoms with Crippen LogP contribution in [0.5, 0.6) is 0 Å². The van der Waals surface area contributed by atoms with Crippen LogP contribution in [0.1, 0.15) is 13.3 Å². The summed E-state index contributed by atoms with van der Waals surface area (Å²) in [5.74, 6) is 2.17. The summed E-state index contributed by atoms with van der Waals surface area (Å²) in [5, 5.41) is 0. The zero-order valence-corrected chi connectivity index (χ0v) is 9.30. The third-order valence-electron chi connectivity index (χ3n) is 3.10. The van der Waals surface area contributed by atoms with Crippen molar-refractivity contribution in [3.63, 3.8) is 0 Å². The SMILES string of the molecule is CC1CCN(c2nc(N)cn3ccnc23)C1. The number of hydrogen-bond donors (Lipinski definition) is 1. The summed E-state index contributed by atoms with van der Waals surface area (Å²) in [6, 6.07) is 0. The number of anilines is 2. The highest BCUT2D eigenvalue weighted by atomic mass is 15.2. The van der Waals surface area contributed by atoms with Gasteiger partial charge in [-0.15, -0.1) is 0 Å². The fraction of sp³-hybridized carbons (Fsp3) is 0.455. The Morgan fingerprint density at radius 1 is 1.50 bits per heavy atom. The molecule has 2 N–H and O–H groups in total. The second-order valence-electron chi connectivity index (χ2n) is 4.49. The monoisotopic (exact) mass is 217 g/mol. The number of hydrogen-bond acceptors (Lipinski definition) is 4. The number of rotatable bonds is 1. The lowest BCUT2D eigenvalue weighted by atomic mass is 10.2. The molecule has 1 saturated heterocycles. The lowest BCUT2D eigenvalue weighted by molar-refractivity contribution is 0.659. The molecule has 0 saturated carbocycles. The van der Waals surface area contributed by atoms with Crippen LogP contribution in [-0.4, -0.2) is 27.5 Å². The largest absolute Gasteiger partial charge is 0.382 e. The molecular weight excluding hydrogens is 202 g/mol. The van der Waals surface area contributed by atoms with E-state index in [1.807, 2.05) is 10.6 Å². The summed E-state index contributed by atoms with van der Waals surface area (Å²) >= 11 is 0. The summed E-state index contributed by atoms with van der Waals surface area (Å²) in [6.07, 6.45) is 6.69. The first-order chi connectivity index (χ1) is 7.74. The van der Waals surface area contributed by atoms with Gasteiger partial charge in [0.25, 0.3) is 0 Å². The number of fused-ring (bicyclic) bond motifs is 1. The van der Waals surface area contributed by atoms with E-state index in [2.05, 4.69) is 21.8 Å². The minimum atomic E-state index is 0.542. The van der Waals surface area contributed by atoms with Gasteiger partial charge in [-0.2, -0.15) is 0 Å². The summed E-state index contributed by atoms with van der Waals surface area (Å²) in [4.78, 5) is 11.0. The number of aromatic nitrogens is 3. The Kier molecular flexibility index (Phi) is 1.99. The predicted octanol–water partition coefficient (Wildman–Crippen LogP) is 1.16. The topological polar surface area (TPSA) is 59.5 Å². The van der Waals surface area contributed by atoms with Crippen LogP contribution in [0.2, 0.25) is 0 Å². The van der Waals surface area contributed by atoms with E-state index in [4.69, 9.17) is 5.73 Å². The molecule has 0 spiro atoms. The highest BCUT2D eigenvalue weighted by Crippen LogP contribution is 2.25. The van der Waals surface area contributed by atoms with Gasteiger partial charge in [-0.1, -0.05) is 6.92 Å². The first-order valence-electron chi connectivity index (χ1n) is 5.58. The first kappa shape index (κ1) is 9.45. The molecule has 1 unspecified atom stereocenters. The Labute approximate surface area is 93.9 Å². The summed E-state index contributed by atoms with van der Waals surface area (Å²) in [7, 11) is 0. The average molecular weight is 217 g/mol. The van der Waals surface area contributed by atoms with E-state index in [0.29, 0.717) is 5.82 Å². The highest BCUT2D eigenvalue weighted by molar-refractivity contribution is 5.66. The molecule has 1 aliphatic rings. The zero-order chi connectivity index (χ0) is 11.1. The van der Waals surface area contributed by atoms with Gasteiger partial charge >= 0.3 is 0 Å². The van der Waals surface area contributed by atoms with Gasteiger partial charge < -0.3 is 15.0 Å². The van der Waals surface area contributed by atoms with Gasteiger partial charge in [0.2, 0.25) is 0 Å². The minimum Gasteiger partial charge on any atom is -0.382 e. The maximum absolute atomic E-state index is 5.80. The van der Waals surface area contributed by atoms with Crippen LogP contribution in [0, 0.1) is 5.92 Å². The van der Waals surface area contributed by atoms with Crippen molar-refractivity contribution >= 4 is 17.3 Å². The zero-order valence-electron chi connectivity index (χ0n) is 9.30. The Morgan fingerprint density at radius 2 is 2.38 bits per heavy atom. The van der Waals surface area contributed by atoms with Gasteiger partial charge in [0.05, 0.1) is 6.20 Å². The lowest BCUT2D eigenvalue weighted by Crippen LogP contribution is -2.21. The Balaban J connectivity index is 2.11. The average Bonchev–Trinajstić information content (AvgIpc) is 2.84. The molecule has 3 rings (SSSR count). The van der Waals surface area contributed by atoms with Crippen molar-refractivity contribution in [2.45, 2.75) is 13.3 Å². The lowest BCUT2D eigenvalue weighted by Gasteiger charge is -2.17. The van der Waals surface area contributed by atoms with Crippen LogP contribution < -0.4 is 10.6 Å². The van der Waals surface area contributed by atoms with E-state index in [1.54, 1.807) is 12.4 Å². The first-order valence-corrected chi connectivity index (χ1v) is 5.58. The van der Waals surface area contributed by atoms with E-state index in [0.717, 1.165) is 30.5 Å². The third-order valence-corrected chi connectivity index (χ3v) is 3.10. The summed E-state index contributed by atoms with van der Waals surface area (Å²) in [6.45, 7) is 4.34. The highest BCUT2D eigenvalue weighted by Gasteiger charge is 2.22. The smallest absolute Gasteiger partial charge is 0.180 e. The van der Waals surface area contributed by atoms with Gasteiger partial charge in [-0.25, -0.2) is 9.97 Å². The fourth-order valence-corrected chi connectivity index (χ4v) is 2.27. The van der Waals surface area contributed by atoms with Crippen molar-refractivity contribution in [1.82, 2.24) is 14.4 Å². The minimum absolute atomic E-state index is 0.542. The molecule has 5 nitrogen and oxygen atoms in total. The van der Waals surface area contributed by atoms with Crippen molar-refractivity contribution in [3.05, 3.63) is 18.6 Å². The number of nitrogen functional groups attached to an aromatic ring is 1. The van der Waals surface area contributed by atoms with Crippen molar-refractivity contribution in [2.75, 3.05) is 23.7 Å². The normalized spacial score (nSPS) is 20.8. The second kappa shape index (κ2) is 3.37. The van der Waals surface area contributed by atoms with Crippen LogP contribution in [0.4, 0.5) is 11.6 Å². The maximum Gasteiger partial charge on any atom is 0.180 e. The number of imidazole rings is 1. The fourth-order valence-electron chi connectivity index (χ4n) is 2.27. The van der Waals surface area contributed by atoms with Crippen LogP contribution in [0.25, 0.3) is 5.65 Å². The molecule has 0 aliphatic carbocycles. The van der Waals surface area contributed by atoms with Gasteiger partial charge in [0.15, 0.2) is 11.5 Å². The van der Waals surface area contributed by atoms with E-state index in [9.17, 15) is 0 Å². The molecule has 2 aromatic rings. The summed E-state index contributed by atoms with van der Waals surface area (Å²) in [5.41, 5.74) is 6.69. The molecule has 0 bridgehead atoms. The van der Waals surface area contributed by atoms with Crippen LogP contribution in [0.3, 0.4) is 0 Å². The van der Waals surface area contributed by atoms with Crippen molar-refractivity contribution in [3.8, 4) is 0 Å². The molecule has 0 radical (unpaired) electrons. The number of nitrogens with two attached hydrogens (primary N) is 1. The van der Waals surface area contributed by atoms with E-state index in [-0.39, 0.29) is 0 Å². The van der Waals surface area contributed by atoms with Crippen LogP contribution in [-0.2, 0) is 0 Å². The maximum atomic E-state index is 5.80. The Morgan fingerprint density at radius 3 is 3.12 bits per heavy atom. The van der Waals surface area contributed by atoms with E-state index in [1.165, 1.54) is 6.42 Å². The Hall–Kier alpha value is -1.78. The number of nitrogens with zero attached hydrogens (tertiary/aromatic N) is 4. The molecule has 1 fully saturated rings. The van der Waals surface area contributed by atoms with Crippen molar-refractivity contribution in [2.24, 2.45) is 5.92 Å². The van der Waals surface area contributed by atoms with E-state index < -0.39 is 0 Å². The molecule has 84 valence electrons. The predicted molar refractivity (Wildman–Crippen MR) is 63.4 cm³/mol. The summed E-state index contributed by atoms with van der Waals surface area (Å²) < 4.78 is 1.93. The van der Waals surface area contributed by atoms with Gasteiger partial charge in [-0.3, -0.25) is 0 Å². The molecule has 16 heavy (non-hydrogen) atoms. The van der Waals surface area contributed by atoms with Gasteiger partial charge in [0.1, 0.15) is 5.82 Å². The molecule has 2 aromatic heterocycles. The second-order valence-corrected chi connectivity index (χ2v) is 4.49. The molecule has 3 heterocycles. The van der Waals surface area contributed by atoms with E-state index >= 15 is 0 Å². The van der Waals surface area contributed by atoms with Crippen molar-refractivity contribution < 1.29 is 0 Å². The quantitative estimate of drug-likeness (QED) is 0.778. The molecule has 1 atom stereocenters. The van der Waals surface area contributed by atoms with Crippen LogP contribution in [0.15, 0.2) is 18.6 Å². The van der Waals surface area contributed by atoms with Gasteiger partial charge in [0, 0.05) is 25.5 Å². The Bertz CT molecular complexity index is 518.